The van der Waals surface area contributed by atoms with Gasteiger partial charge in [-0.05, 0) is 49.4 Å². The van der Waals surface area contributed by atoms with Gasteiger partial charge in [0.15, 0.2) is 11.7 Å². The Bertz CT molecular complexity index is 1020. The van der Waals surface area contributed by atoms with Crippen LogP contribution in [0.2, 0.25) is 0 Å². The summed E-state index contributed by atoms with van der Waals surface area (Å²) in [4.78, 5) is 31.2. The van der Waals surface area contributed by atoms with Gasteiger partial charge in [-0.15, -0.1) is 0 Å². The first-order chi connectivity index (χ1) is 13.5. The van der Waals surface area contributed by atoms with Gasteiger partial charge in [0.25, 0.3) is 5.91 Å². The van der Waals surface area contributed by atoms with Gasteiger partial charge in [-0.2, -0.15) is 0 Å². The molecule has 144 valence electrons. The fraction of sp³-hybridized carbons (Fsp3) is 0.318. The summed E-state index contributed by atoms with van der Waals surface area (Å²) in [5.41, 5.74) is 4.20. The van der Waals surface area contributed by atoms with Crippen molar-refractivity contribution in [3.8, 4) is 0 Å². The summed E-state index contributed by atoms with van der Waals surface area (Å²) in [5, 5.41) is 0.625. The summed E-state index contributed by atoms with van der Waals surface area (Å²) in [5.74, 6) is -0.557. The molecule has 0 aliphatic heterocycles. The van der Waals surface area contributed by atoms with E-state index in [2.05, 4.69) is 13.0 Å². The van der Waals surface area contributed by atoms with Gasteiger partial charge in [-0.3, -0.25) is 14.5 Å². The number of carbonyl (C=O) groups is 2. The number of aryl methyl sites for hydroxylation is 2. The van der Waals surface area contributed by atoms with Crippen LogP contribution in [0.3, 0.4) is 0 Å². The van der Waals surface area contributed by atoms with E-state index < -0.39 is 0 Å². The minimum atomic E-state index is -0.274. The van der Waals surface area contributed by atoms with Gasteiger partial charge in [0.2, 0.25) is 0 Å². The lowest BCUT2D eigenvalue weighted by Gasteiger charge is -2.20. The van der Waals surface area contributed by atoms with Crippen molar-refractivity contribution in [3.05, 3.63) is 59.2 Å². The molecule has 0 N–H and O–H groups in total. The smallest absolute Gasteiger partial charge is 0.309 e. The molecule has 0 radical (unpaired) electrons. The van der Waals surface area contributed by atoms with Crippen molar-refractivity contribution >= 4 is 38.6 Å². The Morgan fingerprint density at radius 3 is 2.61 bits per heavy atom. The number of amides is 1. The number of benzene rings is 2. The Labute approximate surface area is 168 Å². The van der Waals surface area contributed by atoms with E-state index in [1.54, 1.807) is 4.90 Å². The van der Waals surface area contributed by atoms with Crippen LogP contribution in [0.15, 0.2) is 42.5 Å². The number of thiazole rings is 1. The molecule has 4 rings (SSSR count). The summed E-state index contributed by atoms with van der Waals surface area (Å²) < 4.78 is 6.27. The highest BCUT2D eigenvalue weighted by molar-refractivity contribution is 7.22. The van der Waals surface area contributed by atoms with Crippen molar-refractivity contribution in [2.24, 2.45) is 5.92 Å². The quantitative estimate of drug-likeness (QED) is 0.582. The highest BCUT2D eigenvalue weighted by Crippen LogP contribution is 2.33. The third-order valence-corrected chi connectivity index (χ3v) is 6.08. The molecule has 1 heterocycles. The molecule has 1 amide bonds. The molecule has 0 unspecified atom stereocenters. The molecular formula is C22H22N2O3S. The Balaban J connectivity index is 1.62. The first-order valence-electron chi connectivity index (χ1n) is 9.40. The van der Waals surface area contributed by atoms with E-state index in [0.717, 1.165) is 34.2 Å². The maximum absolute atomic E-state index is 12.9. The van der Waals surface area contributed by atoms with Crippen molar-refractivity contribution < 1.29 is 14.3 Å². The van der Waals surface area contributed by atoms with Crippen molar-refractivity contribution in [1.29, 1.82) is 0 Å². The number of fused-ring (bicyclic) bond motifs is 1. The molecular weight excluding hydrogens is 372 g/mol. The molecule has 1 aliphatic rings. The Kier molecular flexibility index (Phi) is 5.13. The molecule has 28 heavy (non-hydrogen) atoms. The second kappa shape index (κ2) is 7.72. The number of hydrogen-bond donors (Lipinski definition) is 0. The van der Waals surface area contributed by atoms with Gasteiger partial charge >= 0.3 is 5.97 Å². The number of carbonyl (C=O) groups excluding carboxylic acids is 2. The minimum Gasteiger partial charge on any atom is -0.455 e. The molecule has 6 heteroatoms. The predicted octanol–water partition coefficient (Wildman–Crippen LogP) is 4.40. The molecule has 0 saturated heterocycles. The van der Waals surface area contributed by atoms with E-state index in [1.165, 1.54) is 16.9 Å². The zero-order chi connectivity index (χ0) is 19.7. The van der Waals surface area contributed by atoms with Gasteiger partial charge in [0.1, 0.15) is 0 Å². The van der Waals surface area contributed by atoms with Gasteiger partial charge in [0.05, 0.1) is 22.7 Å². The van der Waals surface area contributed by atoms with E-state index in [9.17, 15) is 9.59 Å². The summed E-state index contributed by atoms with van der Waals surface area (Å²) >= 11 is 1.48. The van der Waals surface area contributed by atoms with Crippen LogP contribution in [0.5, 0.6) is 0 Å². The zero-order valence-corrected chi connectivity index (χ0v) is 16.8. The lowest BCUT2D eigenvalue weighted by atomic mass is 10.1. The standard InChI is InChI=1S/C22H22N2O3S/c1-14-8-11-18-20(15(14)2)23-22(28-18)24(12-16-6-4-3-5-7-16)19(25)13-27-21(26)17-9-10-17/h3-8,11,17H,9-10,12-13H2,1-2H3. The van der Waals surface area contributed by atoms with E-state index in [0.29, 0.717) is 11.7 Å². The number of esters is 1. The third kappa shape index (κ3) is 3.92. The number of aromatic nitrogens is 1. The van der Waals surface area contributed by atoms with E-state index in [4.69, 9.17) is 9.72 Å². The molecule has 1 fully saturated rings. The van der Waals surface area contributed by atoms with E-state index in [1.807, 2.05) is 43.3 Å². The average molecular weight is 394 g/mol. The second-order valence-corrected chi connectivity index (χ2v) is 8.21. The van der Waals surface area contributed by atoms with Crippen LogP contribution in [0.4, 0.5) is 5.13 Å². The number of ether oxygens (including phenoxy) is 1. The molecule has 5 nitrogen and oxygen atoms in total. The number of anilines is 1. The minimum absolute atomic E-state index is 0.0246. The Hall–Kier alpha value is -2.73. The molecule has 0 atom stereocenters. The molecule has 0 spiro atoms. The van der Waals surface area contributed by atoms with Crippen molar-refractivity contribution in [2.45, 2.75) is 33.2 Å². The maximum Gasteiger partial charge on any atom is 0.309 e. The first kappa shape index (κ1) is 18.6. The molecule has 0 bridgehead atoms. The molecule has 1 saturated carbocycles. The van der Waals surface area contributed by atoms with E-state index >= 15 is 0 Å². The number of rotatable bonds is 6. The zero-order valence-electron chi connectivity index (χ0n) is 16.0. The Morgan fingerprint density at radius 2 is 1.89 bits per heavy atom. The molecule has 2 aromatic carbocycles. The van der Waals surface area contributed by atoms with Crippen LogP contribution < -0.4 is 4.90 Å². The van der Waals surface area contributed by atoms with Crippen molar-refractivity contribution in [3.63, 3.8) is 0 Å². The average Bonchev–Trinajstić information content (AvgIpc) is 3.47. The van der Waals surface area contributed by atoms with Gasteiger partial charge in [0, 0.05) is 0 Å². The van der Waals surface area contributed by atoms with Crippen LogP contribution in [0.1, 0.15) is 29.5 Å². The molecule has 1 aliphatic carbocycles. The monoisotopic (exact) mass is 394 g/mol. The van der Waals surface area contributed by atoms with Crippen LogP contribution >= 0.6 is 11.3 Å². The fourth-order valence-electron chi connectivity index (χ4n) is 3.01. The summed E-state index contributed by atoms with van der Waals surface area (Å²) in [6.45, 7) is 4.23. The highest BCUT2D eigenvalue weighted by atomic mass is 32.1. The SMILES string of the molecule is Cc1ccc2sc(N(Cc3ccccc3)C(=O)COC(=O)C3CC3)nc2c1C. The van der Waals surface area contributed by atoms with Gasteiger partial charge in [-0.1, -0.05) is 47.7 Å². The summed E-state index contributed by atoms with van der Waals surface area (Å²) in [7, 11) is 0. The van der Waals surface area contributed by atoms with Crippen LogP contribution in [-0.4, -0.2) is 23.5 Å². The number of nitrogens with zero attached hydrogens (tertiary/aromatic N) is 2. The van der Waals surface area contributed by atoms with Crippen LogP contribution in [-0.2, 0) is 20.9 Å². The second-order valence-electron chi connectivity index (χ2n) is 7.20. The normalized spacial score (nSPS) is 13.5. The number of hydrogen-bond acceptors (Lipinski definition) is 5. The summed E-state index contributed by atoms with van der Waals surface area (Å²) in [6, 6.07) is 13.9. The van der Waals surface area contributed by atoms with Crippen molar-refractivity contribution in [1.82, 2.24) is 4.98 Å². The third-order valence-electron chi connectivity index (χ3n) is 5.04. The maximum atomic E-state index is 12.9. The van der Waals surface area contributed by atoms with Gasteiger partial charge < -0.3 is 4.74 Å². The summed E-state index contributed by atoms with van der Waals surface area (Å²) in [6.07, 6.45) is 1.72. The first-order valence-corrected chi connectivity index (χ1v) is 10.2. The Morgan fingerprint density at radius 1 is 1.14 bits per heavy atom. The molecule has 3 aromatic rings. The fourth-order valence-corrected chi connectivity index (χ4v) is 4.05. The highest BCUT2D eigenvalue weighted by Gasteiger charge is 2.32. The van der Waals surface area contributed by atoms with Crippen LogP contribution in [0, 0.1) is 19.8 Å². The lowest BCUT2D eigenvalue weighted by molar-refractivity contribution is -0.149. The lowest BCUT2D eigenvalue weighted by Crippen LogP contribution is -2.34. The predicted molar refractivity (Wildman–Crippen MR) is 110 cm³/mol. The largest absolute Gasteiger partial charge is 0.455 e. The van der Waals surface area contributed by atoms with E-state index in [-0.39, 0.29) is 24.4 Å². The topological polar surface area (TPSA) is 59.5 Å². The van der Waals surface area contributed by atoms with Crippen LogP contribution in [0.25, 0.3) is 10.2 Å². The molecule has 1 aromatic heterocycles. The van der Waals surface area contributed by atoms with Crippen molar-refractivity contribution in [2.75, 3.05) is 11.5 Å². The van der Waals surface area contributed by atoms with Gasteiger partial charge in [-0.25, -0.2) is 4.98 Å².